The zero-order valence-corrected chi connectivity index (χ0v) is 11.2. The lowest BCUT2D eigenvalue weighted by Crippen LogP contribution is -2.23. The van der Waals surface area contributed by atoms with E-state index in [1.807, 2.05) is 0 Å². The SMILES string of the molecule is CCCC(F)(F)c1cccc(C2(C(=O)OC)CC2)c1. The van der Waals surface area contributed by atoms with E-state index in [0.29, 0.717) is 24.8 Å². The Morgan fingerprint density at radius 3 is 2.63 bits per heavy atom. The Morgan fingerprint density at radius 1 is 1.42 bits per heavy atom. The Labute approximate surface area is 111 Å². The summed E-state index contributed by atoms with van der Waals surface area (Å²) in [6.45, 7) is 1.73. The summed E-state index contributed by atoms with van der Waals surface area (Å²) >= 11 is 0. The first-order valence-corrected chi connectivity index (χ1v) is 6.53. The van der Waals surface area contributed by atoms with Gasteiger partial charge in [-0.3, -0.25) is 4.79 Å². The highest BCUT2D eigenvalue weighted by atomic mass is 19.3. The summed E-state index contributed by atoms with van der Waals surface area (Å²) in [6.07, 6.45) is 1.58. The first-order chi connectivity index (χ1) is 8.96. The average molecular weight is 268 g/mol. The second-order valence-corrected chi connectivity index (χ2v) is 5.11. The van der Waals surface area contributed by atoms with E-state index in [4.69, 9.17) is 4.74 Å². The van der Waals surface area contributed by atoms with Crippen molar-refractivity contribution < 1.29 is 18.3 Å². The predicted molar refractivity (Wildman–Crippen MR) is 68.2 cm³/mol. The maximum atomic E-state index is 13.9. The topological polar surface area (TPSA) is 26.3 Å². The van der Waals surface area contributed by atoms with E-state index in [1.165, 1.54) is 19.2 Å². The van der Waals surface area contributed by atoms with Gasteiger partial charge in [-0.1, -0.05) is 31.5 Å². The van der Waals surface area contributed by atoms with E-state index in [2.05, 4.69) is 0 Å². The van der Waals surface area contributed by atoms with Crippen LogP contribution in [0.4, 0.5) is 8.78 Å². The van der Waals surface area contributed by atoms with Crippen LogP contribution in [-0.2, 0) is 20.9 Å². The third-order valence-electron chi connectivity index (χ3n) is 3.73. The average Bonchev–Trinajstić information content (AvgIpc) is 3.19. The predicted octanol–water partition coefficient (Wildman–Crippen LogP) is 3.78. The lowest BCUT2D eigenvalue weighted by atomic mass is 9.92. The summed E-state index contributed by atoms with van der Waals surface area (Å²) < 4.78 is 32.6. The number of rotatable bonds is 5. The molecular weight excluding hydrogens is 250 g/mol. The minimum absolute atomic E-state index is 0.0120. The zero-order valence-electron chi connectivity index (χ0n) is 11.2. The Bertz CT molecular complexity index is 479. The first-order valence-electron chi connectivity index (χ1n) is 6.53. The van der Waals surface area contributed by atoms with Crippen LogP contribution in [0.1, 0.15) is 43.7 Å². The molecule has 0 unspecified atom stereocenters. The van der Waals surface area contributed by atoms with Crippen molar-refractivity contribution in [3.05, 3.63) is 35.4 Å². The van der Waals surface area contributed by atoms with Crippen molar-refractivity contribution in [1.29, 1.82) is 0 Å². The van der Waals surface area contributed by atoms with Crippen molar-refractivity contribution in [3.63, 3.8) is 0 Å². The highest BCUT2D eigenvalue weighted by Gasteiger charge is 2.52. The number of halogens is 2. The van der Waals surface area contributed by atoms with E-state index in [-0.39, 0.29) is 18.0 Å². The number of hydrogen-bond acceptors (Lipinski definition) is 2. The minimum Gasteiger partial charge on any atom is -0.468 e. The van der Waals surface area contributed by atoms with Crippen molar-refractivity contribution in [2.24, 2.45) is 0 Å². The summed E-state index contributed by atoms with van der Waals surface area (Å²) in [5.41, 5.74) is -0.0535. The van der Waals surface area contributed by atoms with Gasteiger partial charge in [-0.25, -0.2) is 8.78 Å². The molecular formula is C15H18F2O2. The van der Waals surface area contributed by atoms with E-state index >= 15 is 0 Å². The van der Waals surface area contributed by atoms with Crippen LogP contribution in [0.25, 0.3) is 0 Å². The molecule has 2 rings (SSSR count). The molecule has 1 aliphatic rings. The lowest BCUT2D eigenvalue weighted by molar-refractivity contribution is -0.143. The molecule has 4 heteroatoms. The fourth-order valence-corrected chi connectivity index (χ4v) is 2.43. The standard InChI is InChI=1S/C15H18F2O2/c1-3-7-15(16,17)12-6-4-5-11(10-12)14(8-9-14)13(18)19-2/h4-6,10H,3,7-9H2,1-2H3. The number of methoxy groups -OCH3 is 1. The smallest absolute Gasteiger partial charge is 0.316 e. The molecule has 1 aliphatic carbocycles. The molecule has 0 saturated heterocycles. The van der Waals surface area contributed by atoms with Crippen LogP contribution in [0.3, 0.4) is 0 Å². The van der Waals surface area contributed by atoms with E-state index in [0.717, 1.165) is 0 Å². The number of carbonyl (C=O) groups is 1. The highest BCUT2D eigenvalue weighted by Crippen LogP contribution is 2.50. The summed E-state index contributed by atoms with van der Waals surface area (Å²) in [5.74, 6) is -3.17. The summed E-state index contributed by atoms with van der Waals surface area (Å²) in [5, 5.41) is 0. The van der Waals surface area contributed by atoms with Crippen molar-refractivity contribution in [2.45, 2.75) is 43.9 Å². The highest BCUT2D eigenvalue weighted by molar-refractivity contribution is 5.86. The Kier molecular flexibility index (Phi) is 3.61. The van der Waals surface area contributed by atoms with Crippen LogP contribution < -0.4 is 0 Å². The fourth-order valence-electron chi connectivity index (χ4n) is 2.43. The first kappa shape index (κ1) is 14.0. The van der Waals surface area contributed by atoms with Crippen LogP contribution in [0.15, 0.2) is 24.3 Å². The molecule has 0 radical (unpaired) electrons. The molecule has 19 heavy (non-hydrogen) atoms. The van der Waals surface area contributed by atoms with Gasteiger partial charge in [0.2, 0.25) is 0 Å². The molecule has 0 spiro atoms. The maximum Gasteiger partial charge on any atom is 0.316 e. The zero-order chi connectivity index (χ0) is 14.1. The minimum atomic E-state index is -2.84. The molecule has 0 amide bonds. The number of ether oxygens (including phenoxy) is 1. The molecule has 104 valence electrons. The number of carbonyl (C=O) groups excluding carboxylic acids is 1. The van der Waals surface area contributed by atoms with E-state index in [1.54, 1.807) is 19.1 Å². The van der Waals surface area contributed by atoms with Gasteiger partial charge in [0.25, 0.3) is 5.92 Å². The Hall–Kier alpha value is -1.45. The van der Waals surface area contributed by atoms with Gasteiger partial charge in [0, 0.05) is 12.0 Å². The van der Waals surface area contributed by atoms with Gasteiger partial charge in [-0.15, -0.1) is 0 Å². The van der Waals surface area contributed by atoms with Crippen LogP contribution in [0, 0.1) is 0 Å². The van der Waals surface area contributed by atoms with Crippen LogP contribution in [0.5, 0.6) is 0 Å². The quantitative estimate of drug-likeness (QED) is 0.760. The van der Waals surface area contributed by atoms with Crippen LogP contribution in [-0.4, -0.2) is 13.1 Å². The second-order valence-electron chi connectivity index (χ2n) is 5.11. The molecule has 1 aromatic carbocycles. The number of esters is 1. The van der Waals surface area contributed by atoms with Crippen molar-refractivity contribution in [1.82, 2.24) is 0 Å². The number of alkyl halides is 2. The summed E-state index contributed by atoms with van der Waals surface area (Å²) in [7, 11) is 1.33. The van der Waals surface area contributed by atoms with Gasteiger partial charge >= 0.3 is 5.97 Å². The van der Waals surface area contributed by atoms with Crippen molar-refractivity contribution in [3.8, 4) is 0 Å². The van der Waals surface area contributed by atoms with Gasteiger partial charge in [0.15, 0.2) is 0 Å². The Balaban J connectivity index is 2.33. The number of hydrogen-bond donors (Lipinski definition) is 0. The second kappa shape index (κ2) is 4.91. The van der Waals surface area contributed by atoms with E-state index < -0.39 is 11.3 Å². The van der Waals surface area contributed by atoms with Gasteiger partial charge in [-0.2, -0.15) is 0 Å². The van der Waals surface area contributed by atoms with E-state index in [9.17, 15) is 13.6 Å². The largest absolute Gasteiger partial charge is 0.468 e. The third-order valence-corrected chi connectivity index (χ3v) is 3.73. The van der Waals surface area contributed by atoms with Crippen LogP contribution >= 0.6 is 0 Å². The van der Waals surface area contributed by atoms with Crippen molar-refractivity contribution in [2.75, 3.05) is 7.11 Å². The third kappa shape index (κ3) is 2.48. The Morgan fingerprint density at radius 2 is 2.11 bits per heavy atom. The molecule has 1 aromatic rings. The lowest BCUT2D eigenvalue weighted by Gasteiger charge is -2.19. The van der Waals surface area contributed by atoms with Crippen molar-refractivity contribution >= 4 is 5.97 Å². The van der Waals surface area contributed by atoms with Gasteiger partial charge < -0.3 is 4.74 Å². The maximum absolute atomic E-state index is 13.9. The number of benzene rings is 1. The molecule has 0 heterocycles. The van der Waals surface area contributed by atoms with Gasteiger partial charge in [0.05, 0.1) is 12.5 Å². The van der Waals surface area contributed by atoms with Gasteiger partial charge in [0.1, 0.15) is 0 Å². The molecule has 0 N–H and O–H groups in total. The molecule has 0 atom stereocenters. The molecule has 1 fully saturated rings. The normalized spacial score (nSPS) is 17.1. The molecule has 0 bridgehead atoms. The molecule has 1 saturated carbocycles. The summed E-state index contributed by atoms with van der Waals surface area (Å²) in [4.78, 5) is 11.8. The monoisotopic (exact) mass is 268 g/mol. The molecule has 2 nitrogen and oxygen atoms in total. The van der Waals surface area contributed by atoms with Crippen LogP contribution in [0.2, 0.25) is 0 Å². The fraction of sp³-hybridized carbons (Fsp3) is 0.533. The molecule has 0 aromatic heterocycles. The molecule has 0 aliphatic heterocycles. The summed E-state index contributed by atoms with van der Waals surface area (Å²) in [6, 6.07) is 6.21. The van der Waals surface area contributed by atoms with Gasteiger partial charge in [-0.05, 0) is 24.5 Å².